The van der Waals surface area contributed by atoms with Gasteiger partial charge in [0.25, 0.3) is 0 Å². The summed E-state index contributed by atoms with van der Waals surface area (Å²) < 4.78 is 0. The Kier molecular flexibility index (Phi) is 4.14. The van der Waals surface area contributed by atoms with Crippen molar-refractivity contribution in [3.8, 4) is 0 Å². The Morgan fingerprint density at radius 3 is 2.42 bits per heavy atom. The molecule has 1 aromatic heterocycles. The van der Waals surface area contributed by atoms with Crippen LogP contribution in [0.5, 0.6) is 0 Å². The number of amides is 2. The van der Waals surface area contributed by atoms with Crippen molar-refractivity contribution in [2.45, 2.75) is 27.2 Å². The van der Waals surface area contributed by atoms with Crippen molar-refractivity contribution in [3.05, 3.63) is 5.01 Å². The number of hydrogen-bond acceptors (Lipinski definition) is 5. The molecule has 0 radical (unpaired) electrons. The van der Waals surface area contributed by atoms with Crippen LogP contribution in [0.4, 0.5) is 5.13 Å². The molecule has 0 saturated carbocycles. The highest BCUT2D eigenvalue weighted by Gasteiger charge is 2.29. The Labute approximate surface area is 116 Å². The van der Waals surface area contributed by atoms with Crippen molar-refractivity contribution in [2.75, 3.05) is 18.4 Å². The van der Waals surface area contributed by atoms with Crippen molar-refractivity contribution in [3.63, 3.8) is 0 Å². The maximum absolute atomic E-state index is 12.1. The molecule has 2 atom stereocenters. The van der Waals surface area contributed by atoms with E-state index in [1.807, 2.05) is 0 Å². The van der Waals surface area contributed by atoms with E-state index in [0.717, 1.165) is 11.4 Å². The summed E-state index contributed by atoms with van der Waals surface area (Å²) in [5, 5.41) is 11.2. The Morgan fingerprint density at radius 2 is 1.89 bits per heavy atom. The van der Waals surface area contributed by atoms with Gasteiger partial charge in [-0.1, -0.05) is 25.2 Å². The van der Waals surface area contributed by atoms with Gasteiger partial charge in [-0.3, -0.25) is 14.9 Å². The summed E-state index contributed by atoms with van der Waals surface area (Å²) in [6, 6.07) is 0. The molecular weight excluding hydrogens is 264 g/mol. The summed E-state index contributed by atoms with van der Waals surface area (Å²) in [6.07, 6.45) is 1.10. The first kappa shape index (κ1) is 13.9. The molecule has 7 heteroatoms. The van der Waals surface area contributed by atoms with Gasteiger partial charge in [0.05, 0.1) is 0 Å². The van der Waals surface area contributed by atoms with E-state index >= 15 is 0 Å². The van der Waals surface area contributed by atoms with Crippen LogP contribution in [0.2, 0.25) is 0 Å². The van der Waals surface area contributed by atoms with E-state index in [1.54, 1.807) is 11.8 Å². The van der Waals surface area contributed by atoms with Gasteiger partial charge in [-0.15, -0.1) is 10.2 Å². The van der Waals surface area contributed by atoms with Crippen LogP contribution in [0.1, 0.15) is 25.3 Å². The van der Waals surface area contributed by atoms with Crippen molar-refractivity contribution in [2.24, 2.45) is 11.8 Å². The molecule has 0 bridgehead atoms. The first-order chi connectivity index (χ1) is 8.95. The van der Waals surface area contributed by atoms with Crippen LogP contribution in [0.25, 0.3) is 0 Å². The van der Waals surface area contributed by atoms with Crippen molar-refractivity contribution < 1.29 is 9.59 Å². The molecule has 1 aliphatic heterocycles. The summed E-state index contributed by atoms with van der Waals surface area (Å²) >= 11 is 1.26. The maximum atomic E-state index is 12.1. The number of piperidine rings is 1. The molecule has 1 fully saturated rings. The average molecular weight is 282 g/mol. The number of rotatable bonds is 1. The summed E-state index contributed by atoms with van der Waals surface area (Å²) in [7, 11) is 0. The van der Waals surface area contributed by atoms with E-state index < -0.39 is 11.8 Å². The van der Waals surface area contributed by atoms with Gasteiger partial charge in [-0.2, -0.15) is 0 Å². The van der Waals surface area contributed by atoms with Crippen LogP contribution in [0, 0.1) is 18.8 Å². The van der Waals surface area contributed by atoms with Gasteiger partial charge in [-0.25, -0.2) is 0 Å². The number of likely N-dealkylation sites (tertiary alicyclic amines) is 1. The second kappa shape index (κ2) is 5.64. The van der Waals surface area contributed by atoms with Crippen LogP contribution >= 0.6 is 11.3 Å². The number of nitrogens with one attached hydrogen (secondary N) is 1. The molecular formula is C12H18N4O2S. The predicted octanol–water partition coefficient (Wildman–Crippen LogP) is 1.29. The molecule has 1 saturated heterocycles. The van der Waals surface area contributed by atoms with Crippen LogP contribution in [-0.4, -0.2) is 40.0 Å². The third kappa shape index (κ3) is 3.50. The maximum Gasteiger partial charge on any atom is 0.315 e. The molecule has 0 unspecified atom stereocenters. The fourth-order valence-corrected chi connectivity index (χ4v) is 3.06. The minimum atomic E-state index is -0.627. The lowest BCUT2D eigenvalue weighted by molar-refractivity contribution is -0.144. The van der Waals surface area contributed by atoms with Crippen LogP contribution < -0.4 is 5.32 Å². The number of carbonyl (C=O) groups excluding carboxylic acids is 2. The minimum absolute atomic E-state index is 0.369. The topological polar surface area (TPSA) is 75.2 Å². The lowest BCUT2D eigenvalue weighted by Gasteiger charge is -2.34. The monoisotopic (exact) mass is 282 g/mol. The number of carbonyl (C=O) groups is 2. The molecule has 0 aliphatic carbocycles. The molecule has 2 heterocycles. The average Bonchev–Trinajstić information content (AvgIpc) is 2.72. The summed E-state index contributed by atoms with van der Waals surface area (Å²) in [5.74, 6) is -0.239. The number of nitrogens with zero attached hydrogens (tertiary/aromatic N) is 3. The predicted molar refractivity (Wildman–Crippen MR) is 72.8 cm³/mol. The Morgan fingerprint density at radius 1 is 1.26 bits per heavy atom. The zero-order chi connectivity index (χ0) is 14.0. The van der Waals surface area contributed by atoms with E-state index in [1.165, 1.54) is 11.3 Å². The fourth-order valence-electron chi connectivity index (χ4n) is 2.47. The molecule has 2 amide bonds. The van der Waals surface area contributed by atoms with E-state index in [4.69, 9.17) is 0 Å². The second-order valence-electron chi connectivity index (χ2n) is 5.24. The number of aromatic nitrogens is 2. The smallest absolute Gasteiger partial charge is 0.315 e. The Bertz CT molecular complexity index is 478. The van der Waals surface area contributed by atoms with E-state index in [0.29, 0.717) is 30.1 Å². The molecule has 19 heavy (non-hydrogen) atoms. The molecule has 1 aliphatic rings. The van der Waals surface area contributed by atoms with Gasteiger partial charge in [0.2, 0.25) is 5.13 Å². The quantitative estimate of drug-likeness (QED) is 0.788. The van der Waals surface area contributed by atoms with Gasteiger partial charge >= 0.3 is 11.8 Å². The fraction of sp³-hybridized carbons (Fsp3) is 0.667. The zero-order valence-electron chi connectivity index (χ0n) is 11.3. The molecule has 0 aromatic carbocycles. The summed E-state index contributed by atoms with van der Waals surface area (Å²) in [5.41, 5.74) is 0. The highest BCUT2D eigenvalue weighted by atomic mass is 32.1. The van der Waals surface area contributed by atoms with E-state index in [9.17, 15) is 9.59 Å². The lowest BCUT2D eigenvalue weighted by Crippen LogP contribution is -2.47. The standard InChI is InChI=1S/C12H18N4O2S/c1-7-4-8(2)6-16(5-7)11(18)10(17)13-12-15-14-9(3)19-12/h7-8H,4-6H2,1-3H3,(H,13,15,17)/t7-,8-/m1/s1. The van der Waals surface area contributed by atoms with Crippen molar-refractivity contribution in [1.82, 2.24) is 15.1 Å². The zero-order valence-corrected chi connectivity index (χ0v) is 12.2. The molecule has 1 aromatic rings. The third-order valence-electron chi connectivity index (χ3n) is 3.10. The van der Waals surface area contributed by atoms with E-state index in [-0.39, 0.29) is 0 Å². The molecule has 2 rings (SSSR count). The number of aryl methyl sites for hydroxylation is 1. The number of hydrogen-bond donors (Lipinski definition) is 1. The van der Waals surface area contributed by atoms with Gasteiger partial charge in [0.1, 0.15) is 5.01 Å². The van der Waals surface area contributed by atoms with Gasteiger partial charge in [-0.05, 0) is 25.2 Å². The summed E-state index contributed by atoms with van der Waals surface area (Å²) in [6.45, 7) is 7.28. The van der Waals surface area contributed by atoms with Crippen molar-refractivity contribution in [1.29, 1.82) is 0 Å². The van der Waals surface area contributed by atoms with Crippen LogP contribution in [-0.2, 0) is 9.59 Å². The molecule has 0 spiro atoms. The molecule has 104 valence electrons. The van der Waals surface area contributed by atoms with Crippen LogP contribution in [0.15, 0.2) is 0 Å². The normalized spacial score (nSPS) is 23.2. The Hall–Kier alpha value is -1.50. The van der Waals surface area contributed by atoms with E-state index in [2.05, 4.69) is 29.4 Å². The largest absolute Gasteiger partial charge is 0.334 e. The molecule has 6 nitrogen and oxygen atoms in total. The SMILES string of the molecule is Cc1nnc(NC(=O)C(=O)N2C[C@H](C)C[C@@H](C)C2)s1. The highest BCUT2D eigenvalue weighted by molar-refractivity contribution is 7.15. The van der Waals surface area contributed by atoms with Crippen molar-refractivity contribution >= 4 is 28.3 Å². The third-order valence-corrected chi connectivity index (χ3v) is 3.85. The van der Waals surface area contributed by atoms with Gasteiger partial charge in [0.15, 0.2) is 0 Å². The summed E-state index contributed by atoms with van der Waals surface area (Å²) in [4.78, 5) is 25.6. The lowest BCUT2D eigenvalue weighted by atomic mass is 9.92. The first-order valence-corrected chi connectivity index (χ1v) is 7.17. The van der Waals surface area contributed by atoms with Gasteiger partial charge in [0, 0.05) is 13.1 Å². The first-order valence-electron chi connectivity index (χ1n) is 6.36. The molecule has 1 N–H and O–H groups in total. The highest BCUT2D eigenvalue weighted by Crippen LogP contribution is 2.21. The van der Waals surface area contributed by atoms with Gasteiger partial charge < -0.3 is 4.90 Å². The number of anilines is 1. The minimum Gasteiger partial charge on any atom is -0.334 e. The second-order valence-corrected chi connectivity index (χ2v) is 6.42. The van der Waals surface area contributed by atoms with Crippen LogP contribution in [0.3, 0.4) is 0 Å². The Balaban J connectivity index is 1.97.